The minimum Gasteiger partial charge on any atom is -0.238 e. The molecule has 0 bridgehead atoms. The van der Waals surface area contributed by atoms with Crippen LogP contribution in [0, 0.1) is 0 Å². The molecule has 3 nitrogen and oxygen atoms in total. The van der Waals surface area contributed by atoms with Crippen molar-refractivity contribution in [2.45, 2.75) is 13.0 Å². The average Bonchev–Trinajstić information content (AvgIpc) is 2.61. The summed E-state index contributed by atoms with van der Waals surface area (Å²) < 4.78 is 1.84. The second-order valence-electron chi connectivity index (χ2n) is 3.08. The van der Waals surface area contributed by atoms with E-state index in [1.807, 2.05) is 41.9 Å². The van der Waals surface area contributed by atoms with Crippen LogP contribution < -0.4 is 0 Å². The largest absolute Gasteiger partial charge is 0.238 e. The van der Waals surface area contributed by atoms with Crippen LogP contribution in [0.3, 0.4) is 0 Å². The number of allylic oxidation sites excluding steroid dienone is 1. The van der Waals surface area contributed by atoms with Gasteiger partial charge in [0.15, 0.2) is 0 Å². The van der Waals surface area contributed by atoms with Gasteiger partial charge in [-0.25, -0.2) is 4.68 Å². The fourth-order valence-corrected chi connectivity index (χ4v) is 1.59. The van der Waals surface area contributed by atoms with Gasteiger partial charge in [-0.05, 0) is 25.1 Å². The molecule has 0 aliphatic carbocycles. The summed E-state index contributed by atoms with van der Waals surface area (Å²) in [5.41, 5.74) is 3.43. The molecule has 1 aromatic carbocycles. The van der Waals surface area contributed by atoms with Gasteiger partial charge in [-0.1, -0.05) is 28.9 Å². The lowest BCUT2D eigenvalue weighted by Gasteiger charge is -2.05. The molecule has 0 N–H and O–H groups in total. The summed E-state index contributed by atoms with van der Waals surface area (Å²) in [7, 11) is 0. The molecule has 1 heterocycles. The van der Waals surface area contributed by atoms with Crippen LogP contribution >= 0.6 is 11.6 Å². The van der Waals surface area contributed by atoms with E-state index in [4.69, 9.17) is 11.6 Å². The minimum absolute atomic E-state index is 0.125. The molecule has 0 saturated carbocycles. The number of halogens is 1. The molecule has 4 heteroatoms. The molecule has 0 aliphatic rings. The van der Waals surface area contributed by atoms with E-state index in [-0.39, 0.29) is 6.04 Å². The van der Waals surface area contributed by atoms with E-state index < -0.39 is 0 Å². The number of hydrogen-bond donors (Lipinski definition) is 0. The van der Waals surface area contributed by atoms with Gasteiger partial charge in [0.2, 0.25) is 0 Å². The molecule has 0 aliphatic heterocycles. The molecule has 14 heavy (non-hydrogen) atoms. The van der Waals surface area contributed by atoms with E-state index >= 15 is 0 Å². The van der Waals surface area contributed by atoms with Crippen molar-refractivity contribution in [1.82, 2.24) is 15.0 Å². The summed E-state index contributed by atoms with van der Waals surface area (Å²) in [4.78, 5) is 0. The highest BCUT2D eigenvalue weighted by molar-refractivity contribution is 6.25. The maximum absolute atomic E-state index is 5.52. The molecular formula is C10H10ClN3. The van der Waals surface area contributed by atoms with Gasteiger partial charge in [0.1, 0.15) is 5.52 Å². The normalized spacial score (nSPS) is 13.9. The lowest BCUT2D eigenvalue weighted by Crippen LogP contribution is -2.03. The number of aromatic nitrogens is 3. The van der Waals surface area contributed by atoms with Gasteiger partial charge in [0.25, 0.3) is 0 Å². The molecule has 1 aromatic heterocycles. The summed E-state index contributed by atoms with van der Waals surface area (Å²) in [6, 6.07) is 7.98. The van der Waals surface area contributed by atoms with Crippen molar-refractivity contribution in [3.05, 3.63) is 35.9 Å². The van der Waals surface area contributed by atoms with E-state index in [9.17, 15) is 0 Å². The third kappa shape index (κ3) is 1.51. The summed E-state index contributed by atoms with van der Waals surface area (Å²) in [6.45, 7) is 2.01. The molecule has 0 radical (unpaired) electrons. The molecule has 0 fully saturated rings. The van der Waals surface area contributed by atoms with Crippen molar-refractivity contribution in [2.75, 3.05) is 0 Å². The zero-order valence-corrected chi connectivity index (χ0v) is 8.52. The standard InChI is InChI=1S/C10H10ClN3/c1-8(6-7-11)14-10-5-3-2-4-9(10)12-13-14/h2-8H,1H3. The van der Waals surface area contributed by atoms with E-state index in [0.717, 1.165) is 11.0 Å². The second-order valence-corrected chi connectivity index (χ2v) is 3.33. The Hall–Kier alpha value is -1.35. The first kappa shape index (κ1) is 9.21. The van der Waals surface area contributed by atoms with E-state index in [1.165, 1.54) is 5.54 Å². The molecule has 2 aromatic rings. The summed E-state index contributed by atoms with van der Waals surface area (Å²) in [5.74, 6) is 0. The number of benzene rings is 1. The predicted octanol–water partition coefficient (Wildman–Crippen LogP) is 2.74. The maximum atomic E-state index is 5.52. The van der Waals surface area contributed by atoms with Crippen LogP contribution in [-0.4, -0.2) is 15.0 Å². The van der Waals surface area contributed by atoms with Crippen molar-refractivity contribution in [3.8, 4) is 0 Å². The Labute approximate surface area is 87.0 Å². The van der Waals surface area contributed by atoms with Crippen molar-refractivity contribution in [2.24, 2.45) is 0 Å². The Morgan fingerprint density at radius 1 is 1.43 bits per heavy atom. The van der Waals surface area contributed by atoms with Crippen molar-refractivity contribution < 1.29 is 0 Å². The maximum Gasteiger partial charge on any atom is 0.113 e. The summed E-state index contributed by atoms with van der Waals surface area (Å²) in [6.07, 6.45) is 1.86. The van der Waals surface area contributed by atoms with Crippen LogP contribution in [-0.2, 0) is 0 Å². The first-order chi connectivity index (χ1) is 6.83. The number of fused-ring (bicyclic) bond motifs is 1. The fraction of sp³-hybridized carbons (Fsp3) is 0.200. The quantitative estimate of drug-likeness (QED) is 0.758. The Bertz CT molecular complexity index is 461. The predicted molar refractivity (Wildman–Crippen MR) is 57.2 cm³/mol. The van der Waals surface area contributed by atoms with Crippen LogP contribution in [0.4, 0.5) is 0 Å². The Kier molecular flexibility index (Phi) is 2.50. The van der Waals surface area contributed by atoms with Crippen molar-refractivity contribution >= 4 is 22.6 Å². The fourth-order valence-electron chi connectivity index (χ4n) is 1.37. The minimum atomic E-state index is 0.125. The van der Waals surface area contributed by atoms with Crippen LogP contribution in [0.2, 0.25) is 0 Å². The highest BCUT2D eigenvalue weighted by Crippen LogP contribution is 2.15. The Morgan fingerprint density at radius 2 is 2.21 bits per heavy atom. The topological polar surface area (TPSA) is 30.7 Å². The van der Waals surface area contributed by atoms with Gasteiger partial charge in [-0.3, -0.25) is 0 Å². The monoisotopic (exact) mass is 207 g/mol. The summed E-state index contributed by atoms with van der Waals surface area (Å²) >= 11 is 5.52. The number of nitrogens with zero attached hydrogens (tertiary/aromatic N) is 3. The molecule has 0 spiro atoms. The van der Waals surface area contributed by atoms with Crippen molar-refractivity contribution in [3.63, 3.8) is 0 Å². The number of hydrogen-bond acceptors (Lipinski definition) is 2. The average molecular weight is 208 g/mol. The highest BCUT2D eigenvalue weighted by atomic mass is 35.5. The Balaban J connectivity index is 2.52. The first-order valence-electron chi connectivity index (χ1n) is 4.39. The van der Waals surface area contributed by atoms with Gasteiger partial charge in [-0.2, -0.15) is 0 Å². The summed E-state index contributed by atoms with van der Waals surface area (Å²) in [5, 5.41) is 8.13. The van der Waals surface area contributed by atoms with E-state index in [2.05, 4.69) is 10.3 Å². The van der Waals surface area contributed by atoms with Gasteiger partial charge in [0, 0.05) is 5.54 Å². The van der Waals surface area contributed by atoms with Crippen LogP contribution in [0.5, 0.6) is 0 Å². The van der Waals surface area contributed by atoms with Crippen LogP contribution in [0.25, 0.3) is 11.0 Å². The molecule has 1 unspecified atom stereocenters. The third-order valence-corrected chi connectivity index (χ3v) is 2.26. The van der Waals surface area contributed by atoms with E-state index in [0.29, 0.717) is 0 Å². The lowest BCUT2D eigenvalue weighted by atomic mass is 10.3. The van der Waals surface area contributed by atoms with Gasteiger partial charge in [-0.15, -0.1) is 5.10 Å². The number of rotatable bonds is 2. The second kappa shape index (κ2) is 3.80. The molecule has 0 saturated heterocycles. The Morgan fingerprint density at radius 3 is 3.00 bits per heavy atom. The van der Waals surface area contributed by atoms with Gasteiger partial charge in [0.05, 0.1) is 11.6 Å². The zero-order chi connectivity index (χ0) is 9.97. The van der Waals surface area contributed by atoms with Crippen molar-refractivity contribution in [1.29, 1.82) is 0 Å². The van der Waals surface area contributed by atoms with E-state index in [1.54, 1.807) is 0 Å². The van der Waals surface area contributed by atoms with Crippen LogP contribution in [0.15, 0.2) is 35.9 Å². The molecule has 1 atom stereocenters. The highest BCUT2D eigenvalue weighted by Gasteiger charge is 2.06. The first-order valence-corrected chi connectivity index (χ1v) is 4.83. The smallest absolute Gasteiger partial charge is 0.113 e. The molecule has 2 rings (SSSR count). The lowest BCUT2D eigenvalue weighted by molar-refractivity contribution is 0.575. The molecule has 72 valence electrons. The van der Waals surface area contributed by atoms with Gasteiger partial charge < -0.3 is 0 Å². The number of para-hydroxylation sites is 1. The zero-order valence-electron chi connectivity index (χ0n) is 7.76. The molecule has 0 amide bonds. The van der Waals surface area contributed by atoms with Crippen LogP contribution in [0.1, 0.15) is 13.0 Å². The third-order valence-electron chi connectivity index (χ3n) is 2.11. The van der Waals surface area contributed by atoms with Gasteiger partial charge >= 0.3 is 0 Å². The SMILES string of the molecule is CC(C=CCl)n1nnc2ccccc21. The molecular weight excluding hydrogens is 198 g/mol.